The van der Waals surface area contributed by atoms with Gasteiger partial charge in [-0.15, -0.1) is 0 Å². The fraction of sp³-hybridized carbons (Fsp3) is 0.900. The zero-order valence-corrected chi connectivity index (χ0v) is 8.77. The second-order valence-corrected chi connectivity index (χ2v) is 3.20. The quantitative estimate of drug-likeness (QED) is 0.464. The highest BCUT2D eigenvalue weighted by Crippen LogP contribution is 2.05. The number of hydrogen-bond acceptors (Lipinski definition) is 3. The van der Waals surface area contributed by atoms with Crippen molar-refractivity contribution in [2.45, 2.75) is 38.5 Å². The van der Waals surface area contributed by atoms with Crippen LogP contribution >= 0.6 is 0 Å². The Labute approximate surface area is 80.8 Å². The van der Waals surface area contributed by atoms with E-state index in [9.17, 15) is 4.79 Å². The van der Waals surface area contributed by atoms with Gasteiger partial charge >= 0.3 is 5.97 Å². The molecule has 1 N–H and O–H groups in total. The summed E-state index contributed by atoms with van der Waals surface area (Å²) in [4.78, 5) is 10.7. The summed E-state index contributed by atoms with van der Waals surface area (Å²) in [5.41, 5.74) is 0. The van der Waals surface area contributed by atoms with Crippen molar-refractivity contribution in [2.24, 2.45) is 0 Å². The van der Waals surface area contributed by atoms with Gasteiger partial charge in [0.25, 0.3) is 0 Å². The molecule has 3 nitrogen and oxygen atoms in total. The molecule has 0 bridgehead atoms. The van der Waals surface area contributed by atoms with Crippen LogP contribution in [-0.2, 0) is 9.53 Å². The van der Waals surface area contributed by atoms with Crippen molar-refractivity contribution < 1.29 is 9.53 Å². The lowest BCUT2D eigenvalue weighted by Crippen LogP contribution is -2.06. The standard InChI is InChI=1S/C10H21NO2/c1-11-9-7-5-3-4-6-8-10(12)13-2/h11H,3-9H2,1-2H3. The average Bonchev–Trinajstić information content (AvgIpc) is 2.16. The highest BCUT2D eigenvalue weighted by atomic mass is 16.5. The van der Waals surface area contributed by atoms with Gasteiger partial charge in [-0.25, -0.2) is 0 Å². The maximum atomic E-state index is 10.7. The van der Waals surface area contributed by atoms with E-state index in [0.29, 0.717) is 6.42 Å². The summed E-state index contributed by atoms with van der Waals surface area (Å²) < 4.78 is 4.55. The first-order chi connectivity index (χ1) is 6.31. The minimum absolute atomic E-state index is 0.0878. The fourth-order valence-electron chi connectivity index (χ4n) is 1.20. The van der Waals surface area contributed by atoms with Gasteiger partial charge < -0.3 is 10.1 Å². The summed E-state index contributed by atoms with van der Waals surface area (Å²) in [6.45, 7) is 1.09. The zero-order valence-electron chi connectivity index (χ0n) is 8.77. The molecule has 0 saturated heterocycles. The van der Waals surface area contributed by atoms with Crippen molar-refractivity contribution in [2.75, 3.05) is 20.7 Å². The van der Waals surface area contributed by atoms with Crippen molar-refractivity contribution in [1.29, 1.82) is 0 Å². The van der Waals surface area contributed by atoms with Crippen molar-refractivity contribution in [3.8, 4) is 0 Å². The molecule has 0 heterocycles. The second-order valence-electron chi connectivity index (χ2n) is 3.20. The van der Waals surface area contributed by atoms with Crippen LogP contribution in [0, 0.1) is 0 Å². The fourth-order valence-corrected chi connectivity index (χ4v) is 1.20. The Bertz CT molecular complexity index is 126. The number of esters is 1. The highest BCUT2D eigenvalue weighted by Gasteiger charge is 1.98. The number of carbonyl (C=O) groups is 1. The monoisotopic (exact) mass is 187 g/mol. The Balaban J connectivity index is 2.95. The Morgan fingerprint density at radius 3 is 2.38 bits per heavy atom. The lowest BCUT2D eigenvalue weighted by Gasteiger charge is -2.00. The van der Waals surface area contributed by atoms with Gasteiger partial charge in [0.15, 0.2) is 0 Å². The zero-order chi connectivity index (χ0) is 9.94. The largest absolute Gasteiger partial charge is 0.469 e. The Morgan fingerprint density at radius 2 is 1.77 bits per heavy atom. The van der Waals surface area contributed by atoms with E-state index in [4.69, 9.17) is 0 Å². The molecule has 0 aliphatic carbocycles. The molecule has 0 aromatic heterocycles. The van der Waals surface area contributed by atoms with Crippen LogP contribution in [0.5, 0.6) is 0 Å². The molecule has 0 spiro atoms. The molecule has 0 aliphatic rings. The van der Waals surface area contributed by atoms with Crippen LogP contribution in [0.2, 0.25) is 0 Å². The summed E-state index contributed by atoms with van der Waals surface area (Å²) in [6.07, 6.45) is 6.38. The molecule has 0 fully saturated rings. The smallest absolute Gasteiger partial charge is 0.305 e. The van der Waals surface area contributed by atoms with Gasteiger partial charge in [-0.3, -0.25) is 4.79 Å². The SMILES string of the molecule is CNCCCCCCCC(=O)OC. The number of carbonyl (C=O) groups excluding carboxylic acids is 1. The summed E-state index contributed by atoms with van der Waals surface area (Å²) in [5, 5.41) is 3.11. The van der Waals surface area contributed by atoms with Gasteiger partial charge in [0, 0.05) is 6.42 Å². The second kappa shape index (κ2) is 9.52. The van der Waals surface area contributed by atoms with Gasteiger partial charge in [-0.1, -0.05) is 19.3 Å². The maximum absolute atomic E-state index is 10.7. The van der Waals surface area contributed by atoms with Crippen LogP contribution in [0.1, 0.15) is 38.5 Å². The molecule has 3 heteroatoms. The predicted molar refractivity (Wildman–Crippen MR) is 53.6 cm³/mol. The molecular weight excluding hydrogens is 166 g/mol. The minimum Gasteiger partial charge on any atom is -0.469 e. The number of unbranched alkanes of at least 4 members (excludes halogenated alkanes) is 4. The van der Waals surface area contributed by atoms with E-state index < -0.39 is 0 Å². The summed E-state index contributed by atoms with van der Waals surface area (Å²) in [7, 11) is 3.41. The Kier molecular flexibility index (Phi) is 9.10. The van der Waals surface area contributed by atoms with E-state index in [0.717, 1.165) is 19.4 Å². The third-order valence-corrected chi connectivity index (χ3v) is 2.04. The number of methoxy groups -OCH3 is 1. The van der Waals surface area contributed by atoms with E-state index in [1.807, 2.05) is 7.05 Å². The van der Waals surface area contributed by atoms with E-state index in [2.05, 4.69) is 10.1 Å². The molecule has 78 valence electrons. The maximum Gasteiger partial charge on any atom is 0.305 e. The highest BCUT2D eigenvalue weighted by molar-refractivity contribution is 5.68. The Hall–Kier alpha value is -0.570. The van der Waals surface area contributed by atoms with E-state index in [1.54, 1.807) is 0 Å². The number of ether oxygens (including phenoxy) is 1. The van der Waals surface area contributed by atoms with Crippen molar-refractivity contribution in [3.63, 3.8) is 0 Å². The molecular formula is C10H21NO2. The first-order valence-corrected chi connectivity index (χ1v) is 5.02. The molecule has 0 rings (SSSR count). The first-order valence-electron chi connectivity index (χ1n) is 5.02. The van der Waals surface area contributed by atoms with Crippen LogP contribution < -0.4 is 5.32 Å². The van der Waals surface area contributed by atoms with Crippen molar-refractivity contribution in [1.82, 2.24) is 5.32 Å². The van der Waals surface area contributed by atoms with E-state index in [-0.39, 0.29) is 5.97 Å². The topological polar surface area (TPSA) is 38.3 Å². The van der Waals surface area contributed by atoms with Crippen LogP contribution in [0.4, 0.5) is 0 Å². The molecule has 0 saturated carbocycles. The van der Waals surface area contributed by atoms with Crippen molar-refractivity contribution >= 4 is 5.97 Å². The number of hydrogen-bond donors (Lipinski definition) is 1. The number of rotatable bonds is 8. The molecule has 0 aliphatic heterocycles. The third-order valence-electron chi connectivity index (χ3n) is 2.04. The van der Waals surface area contributed by atoms with E-state index >= 15 is 0 Å². The van der Waals surface area contributed by atoms with Gasteiger partial charge in [-0.2, -0.15) is 0 Å². The third kappa shape index (κ3) is 9.34. The summed E-state index contributed by atoms with van der Waals surface area (Å²) in [5.74, 6) is -0.0878. The van der Waals surface area contributed by atoms with Gasteiger partial charge in [0.05, 0.1) is 7.11 Å². The first kappa shape index (κ1) is 12.4. The lowest BCUT2D eigenvalue weighted by molar-refractivity contribution is -0.140. The molecule has 0 unspecified atom stereocenters. The van der Waals surface area contributed by atoms with Gasteiger partial charge in [-0.05, 0) is 26.4 Å². The molecule has 13 heavy (non-hydrogen) atoms. The lowest BCUT2D eigenvalue weighted by atomic mass is 10.1. The van der Waals surface area contributed by atoms with Gasteiger partial charge in [0.2, 0.25) is 0 Å². The van der Waals surface area contributed by atoms with Gasteiger partial charge in [0.1, 0.15) is 0 Å². The molecule has 0 atom stereocenters. The van der Waals surface area contributed by atoms with E-state index in [1.165, 1.54) is 26.4 Å². The summed E-state index contributed by atoms with van der Waals surface area (Å²) in [6, 6.07) is 0. The molecule has 0 radical (unpaired) electrons. The molecule has 0 aromatic rings. The number of nitrogens with one attached hydrogen (secondary N) is 1. The Morgan fingerprint density at radius 1 is 1.15 bits per heavy atom. The van der Waals surface area contributed by atoms with Crippen LogP contribution in [-0.4, -0.2) is 26.7 Å². The normalized spacial score (nSPS) is 10.0. The van der Waals surface area contributed by atoms with Crippen LogP contribution in [0.25, 0.3) is 0 Å². The molecule has 0 aromatic carbocycles. The minimum atomic E-state index is -0.0878. The predicted octanol–water partition coefficient (Wildman–Crippen LogP) is 1.72. The molecule has 0 amide bonds. The summed E-state index contributed by atoms with van der Waals surface area (Å²) >= 11 is 0. The van der Waals surface area contributed by atoms with Crippen LogP contribution in [0.3, 0.4) is 0 Å². The van der Waals surface area contributed by atoms with Crippen LogP contribution in [0.15, 0.2) is 0 Å². The average molecular weight is 187 g/mol. The van der Waals surface area contributed by atoms with Crippen molar-refractivity contribution in [3.05, 3.63) is 0 Å².